The summed E-state index contributed by atoms with van der Waals surface area (Å²) in [5.41, 5.74) is 3.92. The average Bonchev–Trinajstić information content (AvgIpc) is 2.54. The molecule has 2 rings (SSSR count). The third-order valence-corrected chi connectivity index (χ3v) is 2.94. The van der Waals surface area contributed by atoms with Gasteiger partial charge in [0.1, 0.15) is 5.75 Å². The van der Waals surface area contributed by atoms with Gasteiger partial charge < -0.3 is 4.74 Å². The molecule has 0 spiro atoms. The standard InChI is InChI=1S/C16H15BrN2O2/c17-9-10-21-15-8-4-5-13(11-15)12-18-19-16(20)14-6-2-1-3-7-14/h1-8,11-12H,9-10H2,(H,19,20)/b18-12-. The van der Waals surface area contributed by atoms with E-state index < -0.39 is 0 Å². The van der Waals surface area contributed by atoms with Crippen LogP contribution in [0.3, 0.4) is 0 Å². The van der Waals surface area contributed by atoms with Gasteiger partial charge in [0.25, 0.3) is 5.91 Å². The van der Waals surface area contributed by atoms with Gasteiger partial charge in [0.05, 0.1) is 12.8 Å². The van der Waals surface area contributed by atoms with Crippen LogP contribution in [0.2, 0.25) is 0 Å². The molecule has 1 amide bonds. The van der Waals surface area contributed by atoms with Crippen LogP contribution in [0.5, 0.6) is 5.75 Å². The van der Waals surface area contributed by atoms with E-state index in [9.17, 15) is 4.79 Å². The van der Waals surface area contributed by atoms with Gasteiger partial charge in [-0.3, -0.25) is 4.79 Å². The first-order valence-corrected chi connectivity index (χ1v) is 7.59. The summed E-state index contributed by atoms with van der Waals surface area (Å²) in [5, 5.41) is 4.73. The molecule has 0 radical (unpaired) electrons. The summed E-state index contributed by atoms with van der Waals surface area (Å²) in [7, 11) is 0. The Hall–Kier alpha value is -2.14. The van der Waals surface area contributed by atoms with Gasteiger partial charge in [0.2, 0.25) is 0 Å². The Morgan fingerprint density at radius 1 is 1.19 bits per heavy atom. The molecule has 1 N–H and O–H groups in total. The van der Waals surface area contributed by atoms with E-state index in [4.69, 9.17) is 4.74 Å². The first-order valence-electron chi connectivity index (χ1n) is 6.47. The number of alkyl halides is 1. The Morgan fingerprint density at radius 3 is 2.76 bits per heavy atom. The Labute approximate surface area is 132 Å². The third-order valence-electron chi connectivity index (χ3n) is 2.62. The molecule has 0 unspecified atom stereocenters. The van der Waals surface area contributed by atoms with Crippen LogP contribution >= 0.6 is 15.9 Å². The summed E-state index contributed by atoms with van der Waals surface area (Å²) in [6.07, 6.45) is 1.59. The molecule has 0 saturated carbocycles. The van der Waals surface area contributed by atoms with E-state index in [-0.39, 0.29) is 5.91 Å². The Bertz CT molecular complexity index is 615. The maximum atomic E-state index is 11.8. The molecule has 0 bridgehead atoms. The monoisotopic (exact) mass is 346 g/mol. The van der Waals surface area contributed by atoms with E-state index in [1.54, 1.807) is 18.3 Å². The molecule has 0 saturated heterocycles. The number of carbonyl (C=O) groups excluding carboxylic acids is 1. The zero-order valence-electron chi connectivity index (χ0n) is 11.3. The quantitative estimate of drug-likeness (QED) is 0.496. The third kappa shape index (κ3) is 5.04. The number of benzene rings is 2. The van der Waals surface area contributed by atoms with Crippen LogP contribution in [0.15, 0.2) is 59.7 Å². The molecule has 0 fully saturated rings. The number of hydrogen-bond acceptors (Lipinski definition) is 3. The summed E-state index contributed by atoms with van der Waals surface area (Å²) in [6.45, 7) is 0.603. The maximum Gasteiger partial charge on any atom is 0.271 e. The summed E-state index contributed by atoms with van der Waals surface area (Å²) in [5.74, 6) is 0.534. The lowest BCUT2D eigenvalue weighted by Crippen LogP contribution is -2.17. The van der Waals surface area contributed by atoms with Crippen molar-refractivity contribution in [2.75, 3.05) is 11.9 Å². The van der Waals surface area contributed by atoms with Crippen molar-refractivity contribution in [3.63, 3.8) is 0 Å². The molecule has 108 valence electrons. The van der Waals surface area contributed by atoms with Gasteiger partial charge in [-0.25, -0.2) is 5.43 Å². The summed E-state index contributed by atoms with van der Waals surface area (Å²) in [4.78, 5) is 11.8. The molecule has 0 aliphatic heterocycles. The minimum atomic E-state index is -0.237. The lowest BCUT2D eigenvalue weighted by atomic mass is 10.2. The van der Waals surface area contributed by atoms with Gasteiger partial charge in [0.15, 0.2) is 0 Å². The lowest BCUT2D eigenvalue weighted by Gasteiger charge is -2.04. The van der Waals surface area contributed by atoms with Crippen molar-refractivity contribution in [2.24, 2.45) is 5.10 Å². The molecule has 2 aromatic rings. The summed E-state index contributed by atoms with van der Waals surface area (Å²) >= 11 is 3.31. The fourth-order valence-corrected chi connectivity index (χ4v) is 1.82. The van der Waals surface area contributed by atoms with Crippen LogP contribution in [-0.2, 0) is 0 Å². The number of hydrazone groups is 1. The van der Waals surface area contributed by atoms with Crippen molar-refractivity contribution < 1.29 is 9.53 Å². The molecular weight excluding hydrogens is 332 g/mol. The van der Waals surface area contributed by atoms with Crippen molar-refractivity contribution in [3.8, 4) is 5.75 Å². The summed E-state index contributed by atoms with van der Waals surface area (Å²) < 4.78 is 5.50. The molecule has 21 heavy (non-hydrogen) atoms. The van der Waals surface area contributed by atoms with Crippen LogP contribution in [0.4, 0.5) is 0 Å². The predicted octanol–water partition coefficient (Wildman–Crippen LogP) is 3.22. The Morgan fingerprint density at radius 2 is 2.00 bits per heavy atom. The molecule has 0 atom stereocenters. The van der Waals surface area contributed by atoms with Crippen LogP contribution < -0.4 is 10.2 Å². The number of nitrogens with zero attached hydrogens (tertiary/aromatic N) is 1. The van der Waals surface area contributed by atoms with Gasteiger partial charge in [-0.2, -0.15) is 5.10 Å². The lowest BCUT2D eigenvalue weighted by molar-refractivity contribution is 0.0955. The normalized spacial score (nSPS) is 10.5. The molecule has 2 aromatic carbocycles. The maximum absolute atomic E-state index is 11.8. The Balaban J connectivity index is 1.93. The van der Waals surface area contributed by atoms with Gasteiger partial charge in [-0.05, 0) is 29.8 Å². The number of ether oxygens (including phenoxy) is 1. The van der Waals surface area contributed by atoms with Crippen molar-refractivity contribution in [1.29, 1.82) is 0 Å². The minimum absolute atomic E-state index is 0.237. The second-order valence-corrected chi connectivity index (χ2v) is 4.97. The zero-order valence-corrected chi connectivity index (χ0v) is 12.9. The average molecular weight is 347 g/mol. The molecule has 0 heterocycles. The van der Waals surface area contributed by atoms with E-state index in [1.165, 1.54) is 0 Å². The predicted molar refractivity (Wildman–Crippen MR) is 87.2 cm³/mol. The second-order valence-electron chi connectivity index (χ2n) is 4.18. The highest BCUT2D eigenvalue weighted by Crippen LogP contribution is 2.12. The smallest absolute Gasteiger partial charge is 0.271 e. The van der Waals surface area contributed by atoms with Crippen LogP contribution in [-0.4, -0.2) is 24.1 Å². The van der Waals surface area contributed by atoms with E-state index in [0.717, 1.165) is 16.6 Å². The van der Waals surface area contributed by atoms with Crippen LogP contribution in [0.1, 0.15) is 15.9 Å². The van der Waals surface area contributed by atoms with Crippen molar-refractivity contribution >= 4 is 28.1 Å². The molecule has 0 aliphatic carbocycles. The number of halogens is 1. The second kappa shape index (κ2) is 8.21. The van der Waals surface area contributed by atoms with Gasteiger partial charge in [0, 0.05) is 10.9 Å². The topological polar surface area (TPSA) is 50.7 Å². The van der Waals surface area contributed by atoms with Crippen molar-refractivity contribution in [2.45, 2.75) is 0 Å². The highest BCUT2D eigenvalue weighted by molar-refractivity contribution is 9.09. The van der Waals surface area contributed by atoms with Crippen LogP contribution in [0, 0.1) is 0 Å². The molecule has 0 aromatic heterocycles. The molecule has 5 heteroatoms. The number of amides is 1. The fraction of sp³-hybridized carbons (Fsp3) is 0.125. The SMILES string of the molecule is O=C(N/N=C\c1cccc(OCCBr)c1)c1ccccc1. The van der Waals surface area contributed by atoms with E-state index in [0.29, 0.717) is 12.2 Å². The van der Waals surface area contributed by atoms with Gasteiger partial charge >= 0.3 is 0 Å². The van der Waals surface area contributed by atoms with E-state index in [1.807, 2.05) is 42.5 Å². The molecule has 4 nitrogen and oxygen atoms in total. The first kappa shape index (κ1) is 15.3. The van der Waals surface area contributed by atoms with Crippen LogP contribution in [0.25, 0.3) is 0 Å². The number of carbonyl (C=O) groups is 1. The Kier molecular flexibility index (Phi) is 5.97. The van der Waals surface area contributed by atoms with E-state index >= 15 is 0 Å². The highest BCUT2D eigenvalue weighted by Gasteiger charge is 2.01. The first-order chi connectivity index (χ1) is 10.3. The largest absolute Gasteiger partial charge is 0.493 e. The number of hydrogen-bond donors (Lipinski definition) is 1. The summed E-state index contributed by atoms with van der Waals surface area (Å²) in [6, 6.07) is 16.5. The van der Waals surface area contributed by atoms with Crippen molar-refractivity contribution in [1.82, 2.24) is 5.43 Å². The van der Waals surface area contributed by atoms with Gasteiger partial charge in [-0.15, -0.1) is 0 Å². The molecule has 0 aliphatic rings. The fourth-order valence-electron chi connectivity index (χ4n) is 1.66. The minimum Gasteiger partial charge on any atom is -0.493 e. The highest BCUT2D eigenvalue weighted by atomic mass is 79.9. The number of rotatable bonds is 6. The molecular formula is C16H15BrN2O2. The zero-order chi connectivity index (χ0) is 14.9. The van der Waals surface area contributed by atoms with Crippen molar-refractivity contribution in [3.05, 3.63) is 65.7 Å². The number of nitrogens with one attached hydrogen (secondary N) is 1. The van der Waals surface area contributed by atoms with E-state index in [2.05, 4.69) is 26.5 Å². The van der Waals surface area contributed by atoms with Gasteiger partial charge in [-0.1, -0.05) is 46.3 Å².